The molecule has 0 unspecified atom stereocenters. The third kappa shape index (κ3) is 4.82. The van der Waals surface area contributed by atoms with Crippen molar-refractivity contribution in [1.29, 1.82) is 0 Å². The molecule has 2 aromatic carbocycles. The third-order valence-electron chi connectivity index (χ3n) is 4.44. The van der Waals surface area contributed by atoms with Crippen LogP contribution in [0.25, 0.3) is 6.08 Å². The zero-order valence-corrected chi connectivity index (χ0v) is 19.4. The summed E-state index contributed by atoms with van der Waals surface area (Å²) in [6.45, 7) is 2.56. The molecular weight excluding hydrogens is 515 g/mol. The van der Waals surface area contributed by atoms with Crippen molar-refractivity contribution >= 4 is 52.2 Å². The number of carbonyl (C=O) groups excluding carboxylic acids is 3. The number of amides is 4. The average molecular weight is 536 g/mol. The first-order valence-corrected chi connectivity index (χ1v) is 10.5. The number of nitrogens with one attached hydrogen (secondary N) is 1. The van der Waals surface area contributed by atoms with Crippen LogP contribution in [0, 0.1) is 3.57 Å². The lowest BCUT2D eigenvalue weighted by Crippen LogP contribution is -2.54. The van der Waals surface area contributed by atoms with Gasteiger partial charge in [0.2, 0.25) is 0 Å². The Balaban J connectivity index is 1.95. The molecule has 0 aliphatic carbocycles. The van der Waals surface area contributed by atoms with Crippen molar-refractivity contribution in [1.82, 2.24) is 5.32 Å². The van der Waals surface area contributed by atoms with E-state index in [1.807, 2.05) is 6.92 Å². The average Bonchev–Trinajstić information content (AvgIpc) is 2.75. The highest BCUT2D eigenvalue weighted by Gasteiger charge is 2.36. The maximum absolute atomic E-state index is 13.1. The van der Waals surface area contributed by atoms with Gasteiger partial charge >= 0.3 is 6.03 Å². The molecule has 8 nitrogen and oxygen atoms in total. The summed E-state index contributed by atoms with van der Waals surface area (Å²) >= 11 is 2.07. The number of urea groups is 1. The number of barbiturate groups is 1. The van der Waals surface area contributed by atoms with Crippen LogP contribution in [0.4, 0.5) is 10.5 Å². The van der Waals surface area contributed by atoms with E-state index < -0.39 is 17.8 Å². The Labute approximate surface area is 193 Å². The Bertz CT molecular complexity index is 1050. The molecule has 0 spiro atoms. The standard InChI is InChI=1S/C22H21IN2O6/c1-4-9-31-15-7-5-14(6-8-15)25-21(27)16(20(26)24-22(25)28)10-13-11-17(23)19(30-3)18(12-13)29-2/h5-8,10-12H,4,9H2,1-3H3,(H,24,26,28)/b16-10-. The van der Waals surface area contributed by atoms with E-state index in [0.717, 1.165) is 14.9 Å². The van der Waals surface area contributed by atoms with Crippen LogP contribution in [0.1, 0.15) is 18.9 Å². The van der Waals surface area contributed by atoms with Gasteiger partial charge in [-0.25, -0.2) is 9.69 Å². The molecule has 4 amide bonds. The molecule has 0 atom stereocenters. The molecule has 2 aromatic rings. The summed E-state index contributed by atoms with van der Waals surface area (Å²) in [5.41, 5.74) is 0.707. The maximum atomic E-state index is 13.1. The monoisotopic (exact) mass is 536 g/mol. The summed E-state index contributed by atoms with van der Waals surface area (Å²) in [5, 5.41) is 2.21. The highest BCUT2D eigenvalue weighted by Crippen LogP contribution is 2.34. The van der Waals surface area contributed by atoms with Gasteiger partial charge in [-0.15, -0.1) is 0 Å². The first-order valence-electron chi connectivity index (χ1n) is 9.45. The van der Waals surface area contributed by atoms with Gasteiger partial charge in [0.05, 0.1) is 30.1 Å². The van der Waals surface area contributed by atoms with Crippen molar-refractivity contribution in [3.05, 3.63) is 51.1 Å². The zero-order chi connectivity index (χ0) is 22.5. The van der Waals surface area contributed by atoms with Gasteiger partial charge in [-0.1, -0.05) is 6.92 Å². The van der Waals surface area contributed by atoms with Crippen LogP contribution in [0.5, 0.6) is 17.2 Å². The number of imide groups is 2. The molecule has 3 rings (SSSR count). The molecule has 1 heterocycles. The molecule has 0 radical (unpaired) electrons. The van der Waals surface area contributed by atoms with E-state index in [4.69, 9.17) is 14.2 Å². The van der Waals surface area contributed by atoms with Gasteiger partial charge in [0.15, 0.2) is 11.5 Å². The van der Waals surface area contributed by atoms with E-state index >= 15 is 0 Å². The minimum atomic E-state index is -0.809. The first kappa shape index (κ1) is 22.6. The maximum Gasteiger partial charge on any atom is 0.335 e. The van der Waals surface area contributed by atoms with Crippen LogP contribution in [0.3, 0.4) is 0 Å². The minimum absolute atomic E-state index is 0.172. The van der Waals surface area contributed by atoms with E-state index in [-0.39, 0.29) is 5.57 Å². The van der Waals surface area contributed by atoms with Crippen molar-refractivity contribution in [3.63, 3.8) is 0 Å². The topological polar surface area (TPSA) is 94.2 Å². The van der Waals surface area contributed by atoms with Gasteiger partial charge in [-0.3, -0.25) is 14.9 Å². The van der Waals surface area contributed by atoms with Crippen molar-refractivity contribution in [2.75, 3.05) is 25.7 Å². The molecule has 31 heavy (non-hydrogen) atoms. The van der Waals surface area contributed by atoms with E-state index in [1.165, 1.54) is 20.3 Å². The number of rotatable bonds is 7. The highest BCUT2D eigenvalue weighted by atomic mass is 127. The minimum Gasteiger partial charge on any atom is -0.494 e. The van der Waals surface area contributed by atoms with Gasteiger partial charge < -0.3 is 14.2 Å². The summed E-state index contributed by atoms with van der Waals surface area (Å²) in [5.74, 6) is 0.147. The van der Waals surface area contributed by atoms with Gasteiger partial charge in [0.25, 0.3) is 11.8 Å². The second-order valence-corrected chi connectivity index (χ2v) is 7.70. The van der Waals surface area contributed by atoms with Crippen molar-refractivity contribution in [2.24, 2.45) is 0 Å². The van der Waals surface area contributed by atoms with Crippen LogP contribution in [-0.4, -0.2) is 38.7 Å². The molecule has 9 heteroatoms. The number of anilines is 1. The number of hydrogen-bond acceptors (Lipinski definition) is 6. The Morgan fingerprint density at radius 1 is 1.06 bits per heavy atom. The lowest BCUT2D eigenvalue weighted by molar-refractivity contribution is -0.122. The predicted molar refractivity (Wildman–Crippen MR) is 123 cm³/mol. The molecule has 162 valence electrons. The van der Waals surface area contributed by atoms with Crippen LogP contribution < -0.4 is 24.4 Å². The summed E-state index contributed by atoms with van der Waals surface area (Å²) < 4.78 is 16.9. The summed E-state index contributed by atoms with van der Waals surface area (Å²) in [6.07, 6.45) is 2.28. The number of nitrogens with zero attached hydrogens (tertiary/aromatic N) is 1. The smallest absolute Gasteiger partial charge is 0.335 e. The molecule has 1 N–H and O–H groups in total. The Hall–Kier alpha value is -3.08. The Morgan fingerprint density at radius 2 is 1.77 bits per heavy atom. The number of halogens is 1. The second kappa shape index (κ2) is 9.82. The first-order chi connectivity index (χ1) is 14.9. The molecule has 0 saturated carbocycles. The van der Waals surface area contributed by atoms with E-state index in [2.05, 4.69) is 27.9 Å². The van der Waals surface area contributed by atoms with Gasteiger partial charge in [0, 0.05) is 0 Å². The second-order valence-electron chi connectivity index (χ2n) is 6.54. The predicted octanol–water partition coefficient (Wildman–Crippen LogP) is 3.76. The number of hydrogen-bond donors (Lipinski definition) is 1. The lowest BCUT2D eigenvalue weighted by atomic mass is 10.1. The van der Waals surface area contributed by atoms with Crippen molar-refractivity contribution in [2.45, 2.75) is 13.3 Å². The third-order valence-corrected chi connectivity index (χ3v) is 5.24. The van der Waals surface area contributed by atoms with Gasteiger partial charge in [0.1, 0.15) is 11.3 Å². The fraction of sp³-hybridized carbons (Fsp3) is 0.227. The molecule has 1 aliphatic heterocycles. The molecule has 0 bridgehead atoms. The largest absolute Gasteiger partial charge is 0.494 e. The molecule has 1 saturated heterocycles. The van der Waals surface area contributed by atoms with Crippen LogP contribution in [0.15, 0.2) is 42.0 Å². The summed E-state index contributed by atoms with van der Waals surface area (Å²) in [6, 6.07) is 9.11. The van der Waals surface area contributed by atoms with Crippen LogP contribution in [-0.2, 0) is 9.59 Å². The van der Waals surface area contributed by atoms with Crippen molar-refractivity contribution < 1.29 is 28.6 Å². The Kier molecular flexibility index (Phi) is 7.16. The van der Waals surface area contributed by atoms with Crippen LogP contribution in [0.2, 0.25) is 0 Å². The van der Waals surface area contributed by atoms with Gasteiger partial charge in [-0.05, 0) is 77.0 Å². The molecule has 1 fully saturated rings. The van der Waals surface area contributed by atoms with E-state index in [1.54, 1.807) is 36.4 Å². The quantitative estimate of drug-likeness (QED) is 0.329. The molecule has 1 aliphatic rings. The van der Waals surface area contributed by atoms with Crippen molar-refractivity contribution in [3.8, 4) is 17.2 Å². The lowest BCUT2D eigenvalue weighted by Gasteiger charge is -2.26. The van der Waals surface area contributed by atoms with E-state index in [9.17, 15) is 14.4 Å². The molecular formula is C22H21IN2O6. The number of methoxy groups -OCH3 is 2. The molecule has 0 aromatic heterocycles. The van der Waals surface area contributed by atoms with E-state index in [0.29, 0.717) is 35.1 Å². The van der Waals surface area contributed by atoms with Gasteiger partial charge in [-0.2, -0.15) is 0 Å². The number of ether oxygens (including phenoxy) is 3. The normalized spacial score (nSPS) is 15.2. The number of benzene rings is 2. The highest BCUT2D eigenvalue weighted by molar-refractivity contribution is 14.1. The fourth-order valence-electron chi connectivity index (χ4n) is 2.99. The Morgan fingerprint density at radius 3 is 2.39 bits per heavy atom. The fourth-order valence-corrected chi connectivity index (χ4v) is 3.84. The summed E-state index contributed by atoms with van der Waals surface area (Å²) in [4.78, 5) is 38.8. The zero-order valence-electron chi connectivity index (χ0n) is 17.2. The summed E-state index contributed by atoms with van der Waals surface area (Å²) in [7, 11) is 3.02. The van der Waals surface area contributed by atoms with Crippen LogP contribution >= 0.6 is 22.6 Å². The number of carbonyl (C=O) groups is 3. The SMILES string of the molecule is CCCOc1ccc(N2C(=O)NC(=O)/C(=C/c3cc(I)c(OC)c(OC)c3)C2=O)cc1.